The maximum absolute atomic E-state index is 12.9. The highest BCUT2D eigenvalue weighted by Crippen LogP contribution is 2.23. The SMILES string of the molecule is COc1cccc(CNC(=O)C2CCCN(S(=O)(=O)N3CCCCC3)C2)c1. The number of methoxy groups -OCH3 is 1. The molecule has 2 aliphatic rings. The highest BCUT2D eigenvalue weighted by molar-refractivity contribution is 7.86. The van der Waals surface area contributed by atoms with E-state index in [0.29, 0.717) is 32.6 Å². The smallest absolute Gasteiger partial charge is 0.281 e. The van der Waals surface area contributed by atoms with Crippen LogP contribution in [0.3, 0.4) is 0 Å². The van der Waals surface area contributed by atoms with Gasteiger partial charge in [-0.2, -0.15) is 17.0 Å². The molecule has 1 atom stereocenters. The number of rotatable bonds is 6. The second-order valence-electron chi connectivity index (χ2n) is 7.23. The quantitative estimate of drug-likeness (QED) is 0.796. The van der Waals surface area contributed by atoms with Crippen LogP contribution in [0.2, 0.25) is 0 Å². The van der Waals surface area contributed by atoms with Gasteiger partial charge in [0.25, 0.3) is 10.2 Å². The van der Waals surface area contributed by atoms with E-state index < -0.39 is 10.2 Å². The molecule has 0 aromatic heterocycles. The second kappa shape index (κ2) is 9.03. The van der Waals surface area contributed by atoms with Crippen molar-refractivity contribution in [1.82, 2.24) is 13.9 Å². The van der Waals surface area contributed by atoms with E-state index in [1.54, 1.807) is 11.4 Å². The normalized spacial score (nSPS) is 22.3. The van der Waals surface area contributed by atoms with E-state index in [1.807, 2.05) is 24.3 Å². The number of amides is 1. The fraction of sp³-hybridized carbons (Fsp3) is 0.632. The van der Waals surface area contributed by atoms with Gasteiger partial charge in [-0.1, -0.05) is 18.6 Å². The summed E-state index contributed by atoms with van der Waals surface area (Å²) >= 11 is 0. The van der Waals surface area contributed by atoms with Crippen molar-refractivity contribution in [1.29, 1.82) is 0 Å². The van der Waals surface area contributed by atoms with Gasteiger partial charge < -0.3 is 10.1 Å². The molecule has 0 radical (unpaired) electrons. The summed E-state index contributed by atoms with van der Waals surface area (Å²) in [6, 6.07) is 7.55. The van der Waals surface area contributed by atoms with Gasteiger partial charge in [-0.3, -0.25) is 4.79 Å². The topological polar surface area (TPSA) is 79.0 Å². The molecule has 2 heterocycles. The zero-order chi connectivity index (χ0) is 19.3. The molecule has 1 N–H and O–H groups in total. The van der Waals surface area contributed by atoms with Crippen LogP contribution >= 0.6 is 0 Å². The molecular weight excluding hydrogens is 366 g/mol. The van der Waals surface area contributed by atoms with Crippen molar-refractivity contribution in [3.05, 3.63) is 29.8 Å². The Hall–Kier alpha value is -1.64. The maximum Gasteiger partial charge on any atom is 0.281 e. The zero-order valence-corrected chi connectivity index (χ0v) is 16.7. The molecule has 150 valence electrons. The molecule has 1 aromatic rings. The molecule has 7 nitrogen and oxygen atoms in total. The molecule has 27 heavy (non-hydrogen) atoms. The predicted molar refractivity (Wildman–Crippen MR) is 103 cm³/mol. The van der Waals surface area contributed by atoms with Crippen molar-refractivity contribution < 1.29 is 17.9 Å². The Morgan fingerprint density at radius 2 is 1.89 bits per heavy atom. The van der Waals surface area contributed by atoms with Crippen LogP contribution in [0.1, 0.15) is 37.7 Å². The van der Waals surface area contributed by atoms with Crippen molar-refractivity contribution in [2.45, 2.75) is 38.6 Å². The molecule has 2 aliphatic heterocycles. The number of carbonyl (C=O) groups excluding carboxylic acids is 1. The van der Waals surface area contributed by atoms with E-state index in [4.69, 9.17) is 4.74 Å². The Morgan fingerprint density at radius 3 is 2.63 bits per heavy atom. The van der Waals surface area contributed by atoms with E-state index in [0.717, 1.165) is 37.0 Å². The highest BCUT2D eigenvalue weighted by atomic mass is 32.2. The summed E-state index contributed by atoms with van der Waals surface area (Å²) in [6.45, 7) is 2.35. The van der Waals surface area contributed by atoms with Crippen molar-refractivity contribution in [3.8, 4) is 5.75 Å². The molecule has 8 heteroatoms. The molecule has 0 saturated carbocycles. The zero-order valence-electron chi connectivity index (χ0n) is 15.9. The monoisotopic (exact) mass is 395 g/mol. The van der Waals surface area contributed by atoms with Crippen LogP contribution in [0.15, 0.2) is 24.3 Å². The number of hydrogen-bond acceptors (Lipinski definition) is 4. The lowest BCUT2D eigenvalue weighted by Crippen LogP contribution is -2.51. The molecule has 3 rings (SSSR count). The molecule has 1 unspecified atom stereocenters. The average Bonchev–Trinajstić information content (AvgIpc) is 2.73. The molecule has 0 bridgehead atoms. The lowest BCUT2D eigenvalue weighted by Gasteiger charge is -2.36. The van der Waals surface area contributed by atoms with Crippen LogP contribution in [0.5, 0.6) is 5.75 Å². The van der Waals surface area contributed by atoms with Crippen LogP contribution in [0, 0.1) is 5.92 Å². The third-order valence-electron chi connectivity index (χ3n) is 5.32. The summed E-state index contributed by atoms with van der Waals surface area (Å²) < 4.78 is 34.0. The molecule has 0 spiro atoms. The maximum atomic E-state index is 12.9. The number of carbonyl (C=O) groups is 1. The van der Waals surface area contributed by atoms with Crippen LogP contribution < -0.4 is 10.1 Å². The average molecular weight is 396 g/mol. The van der Waals surface area contributed by atoms with Gasteiger partial charge in [0, 0.05) is 32.7 Å². The van der Waals surface area contributed by atoms with Crippen LogP contribution in [0.4, 0.5) is 0 Å². The van der Waals surface area contributed by atoms with Gasteiger partial charge in [-0.05, 0) is 43.4 Å². The number of ether oxygens (including phenoxy) is 1. The Labute approximate surface area is 161 Å². The van der Waals surface area contributed by atoms with E-state index in [9.17, 15) is 13.2 Å². The van der Waals surface area contributed by atoms with E-state index >= 15 is 0 Å². The molecule has 0 aliphatic carbocycles. The Kier molecular flexibility index (Phi) is 6.73. The third-order valence-corrected chi connectivity index (χ3v) is 7.33. The minimum absolute atomic E-state index is 0.0867. The molecule has 2 fully saturated rings. The first-order chi connectivity index (χ1) is 13.0. The van der Waals surface area contributed by atoms with Gasteiger partial charge in [0.1, 0.15) is 5.75 Å². The number of piperidine rings is 2. The first kappa shape index (κ1) is 20.1. The Bertz CT molecular complexity index is 747. The highest BCUT2D eigenvalue weighted by Gasteiger charge is 2.36. The van der Waals surface area contributed by atoms with Crippen LogP contribution in [-0.4, -0.2) is 56.2 Å². The minimum Gasteiger partial charge on any atom is -0.497 e. The van der Waals surface area contributed by atoms with Gasteiger partial charge in [-0.15, -0.1) is 0 Å². The molecule has 1 aromatic carbocycles. The van der Waals surface area contributed by atoms with E-state index in [1.165, 1.54) is 4.31 Å². The van der Waals surface area contributed by atoms with Crippen LogP contribution in [-0.2, 0) is 21.5 Å². The van der Waals surface area contributed by atoms with E-state index in [-0.39, 0.29) is 18.4 Å². The van der Waals surface area contributed by atoms with Crippen molar-refractivity contribution in [2.75, 3.05) is 33.3 Å². The molecule has 2 saturated heterocycles. The largest absolute Gasteiger partial charge is 0.497 e. The van der Waals surface area contributed by atoms with Gasteiger partial charge in [0.05, 0.1) is 13.0 Å². The minimum atomic E-state index is -3.46. The number of benzene rings is 1. The fourth-order valence-electron chi connectivity index (χ4n) is 3.74. The number of nitrogens with zero attached hydrogens (tertiary/aromatic N) is 2. The van der Waals surface area contributed by atoms with Crippen molar-refractivity contribution in [2.24, 2.45) is 5.92 Å². The number of hydrogen-bond donors (Lipinski definition) is 1. The summed E-state index contributed by atoms with van der Waals surface area (Å²) in [7, 11) is -1.85. The van der Waals surface area contributed by atoms with Crippen molar-refractivity contribution >= 4 is 16.1 Å². The summed E-state index contributed by atoms with van der Waals surface area (Å²) in [5, 5.41) is 2.94. The Morgan fingerprint density at radius 1 is 1.15 bits per heavy atom. The lowest BCUT2D eigenvalue weighted by atomic mass is 9.99. The standard InChI is InChI=1S/C19H29N3O4S/c1-26-18-9-5-7-16(13-18)14-20-19(23)17-8-6-12-22(15-17)27(24,25)21-10-3-2-4-11-21/h5,7,9,13,17H,2-4,6,8,10-12,14-15H2,1H3,(H,20,23). The molecule has 1 amide bonds. The molecular formula is C19H29N3O4S. The first-order valence-electron chi connectivity index (χ1n) is 9.66. The van der Waals surface area contributed by atoms with Gasteiger partial charge in [0.15, 0.2) is 0 Å². The fourth-order valence-corrected chi connectivity index (χ4v) is 5.52. The Balaban J connectivity index is 1.57. The first-order valence-corrected chi connectivity index (χ1v) is 11.1. The van der Waals surface area contributed by atoms with Crippen molar-refractivity contribution in [3.63, 3.8) is 0 Å². The van der Waals surface area contributed by atoms with Gasteiger partial charge in [-0.25, -0.2) is 0 Å². The lowest BCUT2D eigenvalue weighted by molar-refractivity contribution is -0.126. The summed E-state index contributed by atoms with van der Waals surface area (Å²) in [5.74, 6) is 0.360. The predicted octanol–water partition coefficient (Wildman–Crippen LogP) is 1.75. The van der Waals surface area contributed by atoms with Crippen LogP contribution in [0.25, 0.3) is 0 Å². The second-order valence-corrected chi connectivity index (χ2v) is 9.16. The summed E-state index contributed by atoms with van der Waals surface area (Å²) in [4.78, 5) is 12.6. The third kappa shape index (κ3) is 5.00. The summed E-state index contributed by atoms with van der Waals surface area (Å²) in [6.07, 6.45) is 4.34. The van der Waals surface area contributed by atoms with E-state index in [2.05, 4.69) is 5.32 Å². The van der Waals surface area contributed by atoms with Gasteiger partial charge in [0.2, 0.25) is 5.91 Å². The number of nitrogens with one attached hydrogen (secondary N) is 1. The summed E-state index contributed by atoms with van der Waals surface area (Å²) in [5.41, 5.74) is 0.955. The van der Waals surface area contributed by atoms with Gasteiger partial charge >= 0.3 is 0 Å².